The fourth-order valence-corrected chi connectivity index (χ4v) is 3.36. The number of Topliss-reactive ketones (excluding diaryl/α,β-unsaturated/α-hetero) is 1. The van der Waals surface area contributed by atoms with Gasteiger partial charge in [-0.15, -0.1) is 0 Å². The number of rotatable bonds is 13. The fraction of sp³-hybridized carbons (Fsp3) is 0.480. The maximum Gasteiger partial charge on any atom is 0.216 e. The number of carbonyl (C=O) groups excluding carboxylic acids is 1. The van der Waals surface area contributed by atoms with Gasteiger partial charge in [0.2, 0.25) is 5.88 Å². The van der Waals surface area contributed by atoms with E-state index in [1.54, 1.807) is 12.3 Å². The highest BCUT2D eigenvalue weighted by molar-refractivity contribution is 6.00. The molecular formula is C25H36FN3O3. The van der Waals surface area contributed by atoms with Crippen LogP contribution in [-0.2, 0) is 14.3 Å². The topological polar surface area (TPSA) is 63.5 Å². The Balaban J connectivity index is 3.25. The van der Waals surface area contributed by atoms with Gasteiger partial charge in [0.05, 0.1) is 7.11 Å². The molecule has 0 spiro atoms. The molecule has 32 heavy (non-hydrogen) atoms. The van der Waals surface area contributed by atoms with Gasteiger partial charge in [0, 0.05) is 48.0 Å². The molecule has 0 radical (unpaired) electrons. The molecule has 0 aromatic carbocycles. The van der Waals surface area contributed by atoms with Crippen molar-refractivity contribution in [2.75, 3.05) is 26.9 Å². The zero-order valence-electron chi connectivity index (χ0n) is 19.9. The third-order valence-corrected chi connectivity index (χ3v) is 4.86. The van der Waals surface area contributed by atoms with Crippen molar-refractivity contribution in [3.05, 3.63) is 59.8 Å². The molecular weight excluding hydrogens is 409 g/mol. The van der Waals surface area contributed by atoms with Crippen LogP contribution in [0.4, 0.5) is 4.39 Å². The number of nitrogens with zero attached hydrogens (tertiary/aromatic N) is 3. The molecule has 0 bridgehead atoms. The summed E-state index contributed by atoms with van der Waals surface area (Å²) in [5.74, 6) is 0.677. The minimum atomic E-state index is -0.615. The summed E-state index contributed by atoms with van der Waals surface area (Å²) in [6.45, 7) is 14.8. The molecule has 1 rings (SSSR count). The normalized spacial score (nSPS) is 17.5. The van der Waals surface area contributed by atoms with Crippen molar-refractivity contribution < 1.29 is 18.7 Å². The van der Waals surface area contributed by atoms with E-state index >= 15 is 0 Å². The van der Waals surface area contributed by atoms with Crippen molar-refractivity contribution in [2.24, 2.45) is 15.9 Å². The quantitative estimate of drug-likeness (QED) is 0.170. The lowest BCUT2D eigenvalue weighted by molar-refractivity contribution is -0.118. The molecule has 0 aromatic heterocycles. The smallest absolute Gasteiger partial charge is 0.216 e. The number of halogens is 1. The van der Waals surface area contributed by atoms with E-state index in [1.807, 2.05) is 26.8 Å². The summed E-state index contributed by atoms with van der Waals surface area (Å²) < 4.78 is 23.3. The number of methoxy groups -OCH3 is 1. The number of hydrogen-bond donors (Lipinski definition) is 0. The number of hydrogen-bond acceptors (Lipinski definition) is 6. The van der Waals surface area contributed by atoms with Gasteiger partial charge >= 0.3 is 0 Å². The first-order chi connectivity index (χ1) is 15.3. The van der Waals surface area contributed by atoms with Crippen molar-refractivity contribution in [3.8, 4) is 0 Å². The van der Waals surface area contributed by atoms with E-state index < -0.39 is 6.67 Å². The van der Waals surface area contributed by atoms with Crippen molar-refractivity contribution in [3.63, 3.8) is 0 Å². The highest BCUT2D eigenvalue weighted by atomic mass is 19.1. The van der Waals surface area contributed by atoms with Crippen LogP contribution in [0.5, 0.6) is 0 Å². The summed E-state index contributed by atoms with van der Waals surface area (Å²) in [4.78, 5) is 23.3. The van der Waals surface area contributed by atoms with Crippen molar-refractivity contribution in [2.45, 2.75) is 46.6 Å². The number of aliphatic imine (C=N–C) groups is 2. The highest BCUT2D eigenvalue weighted by Crippen LogP contribution is 2.34. The molecule has 0 saturated heterocycles. The van der Waals surface area contributed by atoms with Crippen LogP contribution in [0.1, 0.15) is 40.5 Å². The lowest BCUT2D eigenvalue weighted by atomic mass is 9.97. The van der Waals surface area contributed by atoms with Crippen LogP contribution < -0.4 is 0 Å². The van der Waals surface area contributed by atoms with E-state index in [0.717, 1.165) is 23.3 Å². The lowest BCUT2D eigenvalue weighted by Crippen LogP contribution is -2.33. The Morgan fingerprint density at radius 3 is 2.59 bits per heavy atom. The molecule has 0 N–H and O–H groups in total. The minimum Gasteiger partial charge on any atom is -0.484 e. The van der Waals surface area contributed by atoms with Crippen LogP contribution in [0.2, 0.25) is 0 Å². The second-order valence-electron chi connectivity index (χ2n) is 7.58. The largest absolute Gasteiger partial charge is 0.484 e. The molecule has 0 aromatic rings. The maximum atomic E-state index is 12.9. The molecule has 7 heteroatoms. The van der Waals surface area contributed by atoms with Gasteiger partial charge in [-0.1, -0.05) is 39.5 Å². The Morgan fingerprint density at radius 1 is 1.34 bits per heavy atom. The van der Waals surface area contributed by atoms with Crippen molar-refractivity contribution >= 4 is 18.4 Å². The highest BCUT2D eigenvalue weighted by Gasteiger charge is 2.33. The molecule has 0 amide bonds. The average molecular weight is 446 g/mol. The monoisotopic (exact) mass is 445 g/mol. The van der Waals surface area contributed by atoms with Gasteiger partial charge in [0.15, 0.2) is 11.7 Å². The van der Waals surface area contributed by atoms with Crippen molar-refractivity contribution in [1.29, 1.82) is 0 Å². The molecule has 6 nitrogen and oxygen atoms in total. The van der Waals surface area contributed by atoms with Crippen LogP contribution in [0.15, 0.2) is 69.8 Å². The second-order valence-corrected chi connectivity index (χ2v) is 7.58. The standard InChI is InChI=1S/C25H36FN3O3/c1-8-10-22-20(12-14-27-6)21(25(30)18(3)4)17-29(22)19(5)16-24(31-7)28-23(11-9-2)32-15-13-26/h9-12,14,18-19H,2,6,8,13,15-17H2,1,3-5,7H3/b14-12-,22-10-,23-11+,28-24+. The fourth-order valence-electron chi connectivity index (χ4n) is 3.36. The summed E-state index contributed by atoms with van der Waals surface area (Å²) in [6, 6.07) is -0.0322. The predicted molar refractivity (Wildman–Crippen MR) is 129 cm³/mol. The Bertz CT molecular complexity index is 822. The first-order valence-electron chi connectivity index (χ1n) is 10.8. The van der Waals surface area contributed by atoms with E-state index in [4.69, 9.17) is 9.47 Å². The molecule has 0 fully saturated rings. The van der Waals surface area contributed by atoms with Crippen LogP contribution in [-0.4, -0.2) is 56.3 Å². The summed E-state index contributed by atoms with van der Waals surface area (Å²) in [5.41, 5.74) is 2.62. The van der Waals surface area contributed by atoms with Gasteiger partial charge in [-0.25, -0.2) is 4.39 Å². The Labute approximate surface area is 191 Å². The first-order valence-corrected chi connectivity index (χ1v) is 10.8. The first kappa shape index (κ1) is 27.1. The van der Waals surface area contributed by atoms with Crippen LogP contribution in [0.25, 0.3) is 0 Å². The van der Waals surface area contributed by atoms with Gasteiger partial charge in [0.1, 0.15) is 13.3 Å². The average Bonchev–Trinajstić information content (AvgIpc) is 3.13. The number of allylic oxidation sites excluding steroid dienone is 4. The third kappa shape index (κ3) is 7.62. The molecule has 0 aliphatic carbocycles. The Hall–Kier alpha value is -2.96. The van der Waals surface area contributed by atoms with E-state index in [2.05, 4.69) is 41.2 Å². The summed E-state index contributed by atoms with van der Waals surface area (Å²) in [5, 5.41) is 0. The van der Waals surface area contributed by atoms with Crippen LogP contribution in [0.3, 0.4) is 0 Å². The number of carbonyl (C=O) groups is 1. The van der Waals surface area contributed by atoms with Crippen molar-refractivity contribution in [1.82, 2.24) is 4.90 Å². The zero-order valence-corrected chi connectivity index (χ0v) is 19.9. The van der Waals surface area contributed by atoms with E-state index in [0.29, 0.717) is 18.9 Å². The Morgan fingerprint density at radius 2 is 2.06 bits per heavy atom. The maximum absolute atomic E-state index is 12.9. The van der Waals surface area contributed by atoms with Crippen LogP contribution in [0, 0.1) is 5.92 Å². The molecule has 1 aliphatic rings. The minimum absolute atomic E-state index is 0.0322. The predicted octanol–water partition coefficient (Wildman–Crippen LogP) is 5.17. The molecule has 1 heterocycles. The van der Waals surface area contributed by atoms with E-state index in [-0.39, 0.29) is 30.2 Å². The van der Waals surface area contributed by atoms with Gasteiger partial charge in [-0.05, 0) is 32.2 Å². The molecule has 0 saturated carbocycles. The molecule has 1 atom stereocenters. The van der Waals surface area contributed by atoms with Crippen LogP contribution >= 0.6 is 0 Å². The number of ether oxygens (including phenoxy) is 2. The summed E-state index contributed by atoms with van der Waals surface area (Å²) in [7, 11) is 1.54. The SMILES string of the molecule is C=C/C=C(\N=C(/CC(C)N1CC(C(=O)C(C)C)=C(/C=C\N=C)/C1=C/CC)OC)OCCF. The number of alkyl halides is 1. The summed E-state index contributed by atoms with van der Waals surface area (Å²) >= 11 is 0. The molecule has 1 aliphatic heterocycles. The second kappa shape index (κ2) is 14.2. The summed E-state index contributed by atoms with van der Waals surface area (Å²) in [6.07, 6.45) is 9.92. The lowest BCUT2D eigenvalue weighted by Gasteiger charge is -2.29. The Kier molecular flexibility index (Phi) is 12.0. The van der Waals surface area contributed by atoms with E-state index in [1.165, 1.54) is 13.2 Å². The van der Waals surface area contributed by atoms with Gasteiger partial charge in [0.25, 0.3) is 0 Å². The van der Waals surface area contributed by atoms with Gasteiger partial charge < -0.3 is 14.4 Å². The van der Waals surface area contributed by atoms with Gasteiger partial charge in [-0.3, -0.25) is 9.79 Å². The molecule has 1 unspecified atom stereocenters. The third-order valence-electron chi connectivity index (χ3n) is 4.86. The molecule has 176 valence electrons. The zero-order chi connectivity index (χ0) is 24.1. The van der Waals surface area contributed by atoms with E-state index in [9.17, 15) is 9.18 Å². The van der Waals surface area contributed by atoms with Gasteiger partial charge in [-0.2, -0.15) is 4.99 Å². The number of ketones is 1.